The summed E-state index contributed by atoms with van der Waals surface area (Å²) < 4.78 is 5.79. The first-order valence-electron chi connectivity index (χ1n) is 11.2. The fraction of sp³-hybridized carbons (Fsp3) is 0.481. The second-order valence-corrected chi connectivity index (χ2v) is 10.5. The van der Waals surface area contributed by atoms with E-state index in [4.69, 9.17) is 4.74 Å². The quantitative estimate of drug-likeness (QED) is 0.662. The number of nitrogens with zero attached hydrogens (tertiary/aromatic N) is 1. The van der Waals surface area contributed by atoms with Crippen molar-refractivity contribution in [3.63, 3.8) is 0 Å². The number of hydrogen-bond donors (Lipinski definition) is 1. The van der Waals surface area contributed by atoms with Gasteiger partial charge in [0.25, 0.3) is 5.91 Å². The predicted molar refractivity (Wildman–Crippen MR) is 130 cm³/mol. The number of rotatable bonds is 7. The van der Waals surface area contributed by atoms with Gasteiger partial charge in [-0.3, -0.25) is 9.59 Å². The molecule has 5 heteroatoms. The molecular weight excluding hydrogens is 400 g/mol. The molecule has 0 fully saturated rings. The van der Waals surface area contributed by atoms with Crippen LogP contribution >= 0.6 is 0 Å². The van der Waals surface area contributed by atoms with E-state index in [0.717, 1.165) is 11.1 Å². The number of nitrogens with one attached hydrogen (secondary N) is 1. The van der Waals surface area contributed by atoms with Crippen molar-refractivity contribution < 1.29 is 14.3 Å². The average Bonchev–Trinajstić information content (AvgIpc) is 2.68. The largest absolute Gasteiger partial charge is 0.484 e. The van der Waals surface area contributed by atoms with Crippen LogP contribution in [0.15, 0.2) is 48.5 Å². The maximum absolute atomic E-state index is 13.2. The van der Waals surface area contributed by atoms with Crippen molar-refractivity contribution in [2.24, 2.45) is 0 Å². The first-order chi connectivity index (χ1) is 14.8. The van der Waals surface area contributed by atoms with Gasteiger partial charge in [-0.05, 0) is 63.3 Å². The monoisotopic (exact) mass is 438 g/mol. The molecule has 0 saturated carbocycles. The van der Waals surface area contributed by atoms with Gasteiger partial charge in [0.2, 0.25) is 5.91 Å². The Hall–Kier alpha value is -2.82. The van der Waals surface area contributed by atoms with E-state index in [1.54, 1.807) is 11.8 Å². The lowest BCUT2D eigenvalue weighted by atomic mass is 9.87. The van der Waals surface area contributed by atoms with Crippen molar-refractivity contribution in [1.82, 2.24) is 10.2 Å². The van der Waals surface area contributed by atoms with E-state index in [1.807, 2.05) is 76.2 Å². The Morgan fingerprint density at radius 1 is 1.00 bits per heavy atom. The van der Waals surface area contributed by atoms with E-state index in [2.05, 4.69) is 26.1 Å². The number of carbonyl (C=O) groups is 2. The molecule has 0 saturated heterocycles. The molecule has 2 aromatic rings. The van der Waals surface area contributed by atoms with Gasteiger partial charge >= 0.3 is 0 Å². The summed E-state index contributed by atoms with van der Waals surface area (Å²) in [6, 6.07) is 15.1. The maximum atomic E-state index is 13.2. The lowest BCUT2D eigenvalue weighted by molar-refractivity contribution is -0.142. The standard InChI is InChI=1S/C27H38N2O3/c1-19-10-9-11-21(16-19)17-29(20(2)25(31)28-27(6,7)8)24(30)18-32-23-14-12-22(13-15-23)26(3,4)5/h9-16,20H,17-18H2,1-8H3,(H,28,31)/t20-/m1/s1. The lowest BCUT2D eigenvalue weighted by Crippen LogP contribution is -2.53. The molecule has 174 valence electrons. The van der Waals surface area contributed by atoms with Crippen LogP contribution in [0.2, 0.25) is 0 Å². The summed E-state index contributed by atoms with van der Waals surface area (Å²) in [5.41, 5.74) is 2.95. The van der Waals surface area contributed by atoms with Crippen molar-refractivity contribution in [2.75, 3.05) is 6.61 Å². The van der Waals surface area contributed by atoms with Crippen LogP contribution in [0, 0.1) is 6.92 Å². The summed E-state index contributed by atoms with van der Waals surface area (Å²) in [5, 5.41) is 2.97. The topological polar surface area (TPSA) is 58.6 Å². The zero-order chi connectivity index (χ0) is 24.1. The number of amides is 2. The molecule has 0 aliphatic rings. The van der Waals surface area contributed by atoms with Crippen LogP contribution in [-0.2, 0) is 21.5 Å². The third-order valence-corrected chi connectivity index (χ3v) is 5.18. The molecule has 0 bridgehead atoms. The van der Waals surface area contributed by atoms with Gasteiger partial charge in [0, 0.05) is 12.1 Å². The summed E-state index contributed by atoms with van der Waals surface area (Å²) >= 11 is 0. The summed E-state index contributed by atoms with van der Waals surface area (Å²) in [7, 11) is 0. The van der Waals surface area contributed by atoms with E-state index < -0.39 is 6.04 Å². The molecule has 0 heterocycles. The predicted octanol–water partition coefficient (Wildman–Crippen LogP) is 5.00. The highest BCUT2D eigenvalue weighted by atomic mass is 16.5. The zero-order valence-corrected chi connectivity index (χ0v) is 20.8. The van der Waals surface area contributed by atoms with E-state index in [0.29, 0.717) is 12.3 Å². The summed E-state index contributed by atoms with van der Waals surface area (Å²) in [5.74, 6) is 0.213. The van der Waals surface area contributed by atoms with Crippen LogP contribution in [0.5, 0.6) is 5.75 Å². The summed E-state index contributed by atoms with van der Waals surface area (Å²) in [4.78, 5) is 27.6. The number of benzene rings is 2. The van der Waals surface area contributed by atoms with Crippen molar-refractivity contribution in [3.8, 4) is 5.75 Å². The second-order valence-electron chi connectivity index (χ2n) is 10.5. The molecule has 0 aliphatic carbocycles. The van der Waals surface area contributed by atoms with Gasteiger partial charge in [0.05, 0.1) is 0 Å². The Bertz CT molecular complexity index is 921. The smallest absolute Gasteiger partial charge is 0.261 e. The minimum atomic E-state index is -0.630. The highest BCUT2D eigenvalue weighted by molar-refractivity contribution is 5.88. The highest BCUT2D eigenvalue weighted by Gasteiger charge is 2.28. The number of ether oxygens (including phenoxy) is 1. The van der Waals surface area contributed by atoms with Gasteiger partial charge in [-0.25, -0.2) is 0 Å². The normalized spacial score (nSPS) is 12.8. The van der Waals surface area contributed by atoms with E-state index >= 15 is 0 Å². The summed E-state index contributed by atoms with van der Waals surface area (Å²) in [6.07, 6.45) is 0. The number of hydrogen-bond acceptors (Lipinski definition) is 3. The van der Waals surface area contributed by atoms with Gasteiger partial charge in [-0.1, -0.05) is 62.7 Å². The molecule has 1 N–H and O–H groups in total. The SMILES string of the molecule is Cc1cccc(CN(C(=O)COc2ccc(C(C)(C)C)cc2)[C@H](C)C(=O)NC(C)(C)C)c1. The zero-order valence-electron chi connectivity index (χ0n) is 20.8. The van der Waals surface area contributed by atoms with E-state index in [-0.39, 0.29) is 29.4 Å². The number of carbonyl (C=O) groups excluding carboxylic acids is 2. The van der Waals surface area contributed by atoms with Crippen LogP contribution in [-0.4, -0.2) is 34.9 Å². The molecule has 0 unspecified atom stereocenters. The summed E-state index contributed by atoms with van der Waals surface area (Å²) in [6.45, 7) is 16.2. The Morgan fingerprint density at radius 3 is 2.16 bits per heavy atom. The van der Waals surface area contributed by atoms with E-state index in [9.17, 15) is 9.59 Å². The molecule has 5 nitrogen and oxygen atoms in total. The van der Waals surface area contributed by atoms with Crippen molar-refractivity contribution in [3.05, 3.63) is 65.2 Å². The second kappa shape index (κ2) is 10.2. The van der Waals surface area contributed by atoms with Gasteiger partial charge in [0.15, 0.2) is 6.61 Å². The van der Waals surface area contributed by atoms with Gasteiger partial charge < -0.3 is 15.0 Å². The number of aryl methyl sites for hydroxylation is 1. The first-order valence-corrected chi connectivity index (χ1v) is 11.2. The van der Waals surface area contributed by atoms with Crippen LogP contribution in [0.4, 0.5) is 0 Å². The van der Waals surface area contributed by atoms with Crippen LogP contribution in [0.3, 0.4) is 0 Å². The molecule has 2 rings (SSSR count). The van der Waals surface area contributed by atoms with Gasteiger partial charge in [-0.15, -0.1) is 0 Å². The Labute approximate surface area is 193 Å². The molecular formula is C27H38N2O3. The highest BCUT2D eigenvalue weighted by Crippen LogP contribution is 2.24. The molecule has 0 aliphatic heterocycles. The third kappa shape index (κ3) is 7.70. The third-order valence-electron chi connectivity index (χ3n) is 5.18. The van der Waals surface area contributed by atoms with Crippen LogP contribution < -0.4 is 10.1 Å². The van der Waals surface area contributed by atoms with E-state index in [1.165, 1.54) is 5.56 Å². The molecule has 0 radical (unpaired) electrons. The molecule has 2 aromatic carbocycles. The van der Waals surface area contributed by atoms with Gasteiger partial charge in [0.1, 0.15) is 11.8 Å². The fourth-order valence-corrected chi connectivity index (χ4v) is 3.34. The Kier molecular flexibility index (Phi) is 8.11. The van der Waals surface area contributed by atoms with Crippen LogP contribution in [0.25, 0.3) is 0 Å². The first kappa shape index (κ1) is 25.4. The van der Waals surface area contributed by atoms with Gasteiger partial charge in [-0.2, -0.15) is 0 Å². The molecule has 32 heavy (non-hydrogen) atoms. The minimum absolute atomic E-state index is 0.0504. The lowest BCUT2D eigenvalue weighted by Gasteiger charge is -2.31. The van der Waals surface area contributed by atoms with Crippen molar-refractivity contribution in [2.45, 2.75) is 78.9 Å². The Morgan fingerprint density at radius 2 is 1.62 bits per heavy atom. The molecule has 0 spiro atoms. The minimum Gasteiger partial charge on any atom is -0.484 e. The van der Waals surface area contributed by atoms with Crippen LogP contribution in [0.1, 0.15) is 65.2 Å². The Balaban J connectivity index is 2.16. The van der Waals surface area contributed by atoms with Crippen molar-refractivity contribution in [1.29, 1.82) is 0 Å². The molecule has 2 amide bonds. The van der Waals surface area contributed by atoms with Crippen molar-refractivity contribution >= 4 is 11.8 Å². The molecule has 0 aromatic heterocycles. The average molecular weight is 439 g/mol. The maximum Gasteiger partial charge on any atom is 0.261 e. The molecule has 1 atom stereocenters. The fourth-order valence-electron chi connectivity index (χ4n) is 3.34.